The molecular weight excluding hydrogens is 308 g/mol. The van der Waals surface area contributed by atoms with E-state index in [1.54, 1.807) is 0 Å². The minimum absolute atomic E-state index is 0.0591. The molecule has 0 bridgehead atoms. The summed E-state index contributed by atoms with van der Waals surface area (Å²) in [7, 11) is 0. The van der Waals surface area contributed by atoms with Gasteiger partial charge in [-0.25, -0.2) is 0 Å². The first kappa shape index (κ1) is 21.8. The fraction of sp³-hybridized carbons (Fsp3) is 1.00. The lowest BCUT2D eigenvalue weighted by Crippen LogP contribution is -2.60. The molecule has 24 heavy (non-hydrogen) atoms. The van der Waals surface area contributed by atoms with Crippen molar-refractivity contribution in [3.63, 3.8) is 0 Å². The summed E-state index contributed by atoms with van der Waals surface area (Å²) in [6, 6.07) is 0. The number of rotatable bonds is 13. The van der Waals surface area contributed by atoms with Crippen LogP contribution in [0.1, 0.15) is 66.2 Å². The maximum atomic E-state index is 9.72. The molecule has 0 aromatic rings. The van der Waals surface area contributed by atoms with Crippen molar-refractivity contribution in [1.82, 2.24) is 0 Å². The molecule has 0 spiro atoms. The molecule has 5 atom stereocenters. The van der Waals surface area contributed by atoms with Crippen molar-refractivity contribution in [2.24, 2.45) is 0 Å². The van der Waals surface area contributed by atoms with Crippen LogP contribution in [0.3, 0.4) is 0 Å². The molecule has 5 nitrogen and oxygen atoms in total. The van der Waals surface area contributed by atoms with Gasteiger partial charge in [-0.15, -0.1) is 0 Å². The average molecular weight is 347 g/mol. The summed E-state index contributed by atoms with van der Waals surface area (Å²) in [4.78, 5) is 0. The van der Waals surface area contributed by atoms with Gasteiger partial charge in [0.05, 0.1) is 12.7 Å². The quantitative estimate of drug-likeness (QED) is 0.519. The summed E-state index contributed by atoms with van der Waals surface area (Å²) in [6.45, 7) is 10.4. The zero-order valence-corrected chi connectivity index (χ0v) is 16.0. The largest absolute Gasteiger partial charge is 0.394 e. The van der Waals surface area contributed by atoms with E-state index in [0.717, 1.165) is 38.5 Å². The van der Waals surface area contributed by atoms with Crippen LogP contribution in [-0.2, 0) is 18.9 Å². The van der Waals surface area contributed by atoms with Crippen molar-refractivity contribution in [3.05, 3.63) is 0 Å². The predicted molar refractivity (Wildman–Crippen MR) is 95.4 cm³/mol. The lowest BCUT2D eigenvalue weighted by molar-refractivity contribution is -0.259. The first-order valence-corrected chi connectivity index (χ1v) is 9.80. The maximum Gasteiger partial charge on any atom is 0.115 e. The second-order valence-corrected chi connectivity index (χ2v) is 6.63. The van der Waals surface area contributed by atoms with E-state index in [9.17, 15) is 5.11 Å². The second kappa shape index (κ2) is 13.1. The molecule has 5 heteroatoms. The van der Waals surface area contributed by atoms with Crippen LogP contribution in [0.2, 0.25) is 0 Å². The summed E-state index contributed by atoms with van der Waals surface area (Å²) >= 11 is 0. The first-order valence-electron chi connectivity index (χ1n) is 9.80. The van der Waals surface area contributed by atoms with Gasteiger partial charge in [0.25, 0.3) is 0 Å². The van der Waals surface area contributed by atoms with Gasteiger partial charge in [-0.3, -0.25) is 0 Å². The van der Waals surface area contributed by atoms with Gasteiger partial charge < -0.3 is 24.1 Å². The van der Waals surface area contributed by atoms with Crippen LogP contribution in [0, 0.1) is 0 Å². The zero-order chi connectivity index (χ0) is 17.8. The summed E-state index contributed by atoms with van der Waals surface area (Å²) in [6.07, 6.45) is 5.21. The van der Waals surface area contributed by atoms with Crippen LogP contribution in [0.15, 0.2) is 0 Å². The van der Waals surface area contributed by atoms with Crippen molar-refractivity contribution in [1.29, 1.82) is 0 Å². The van der Waals surface area contributed by atoms with Gasteiger partial charge in [0.15, 0.2) is 0 Å². The van der Waals surface area contributed by atoms with Gasteiger partial charge in [0.2, 0.25) is 0 Å². The Hall–Kier alpha value is -0.200. The molecule has 1 fully saturated rings. The zero-order valence-electron chi connectivity index (χ0n) is 16.0. The number of aliphatic hydroxyl groups is 1. The van der Waals surface area contributed by atoms with Crippen LogP contribution >= 0.6 is 0 Å². The Morgan fingerprint density at radius 3 is 1.67 bits per heavy atom. The van der Waals surface area contributed by atoms with Gasteiger partial charge in [-0.2, -0.15) is 0 Å². The van der Waals surface area contributed by atoms with Crippen LogP contribution in [-0.4, -0.2) is 62.1 Å². The van der Waals surface area contributed by atoms with E-state index in [2.05, 4.69) is 20.8 Å². The van der Waals surface area contributed by atoms with Crippen LogP contribution < -0.4 is 0 Å². The summed E-state index contributed by atoms with van der Waals surface area (Å²) in [5.74, 6) is 0. The van der Waals surface area contributed by atoms with E-state index in [4.69, 9.17) is 18.9 Å². The van der Waals surface area contributed by atoms with Gasteiger partial charge in [0, 0.05) is 19.8 Å². The lowest BCUT2D eigenvalue weighted by Gasteiger charge is -2.45. The van der Waals surface area contributed by atoms with E-state index >= 15 is 0 Å². The highest BCUT2D eigenvalue weighted by atomic mass is 16.6. The molecule has 0 amide bonds. The normalized spacial score (nSPS) is 30.6. The molecule has 1 N–H and O–H groups in total. The molecule has 0 aliphatic carbocycles. The van der Waals surface area contributed by atoms with Crippen molar-refractivity contribution >= 4 is 0 Å². The van der Waals surface area contributed by atoms with Crippen LogP contribution in [0.5, 0.6) is 0 Å². The molecule has 1 aliphatic rings. The monoisotopic (exact) mass is 346 g/mol. The van der Waals surface area contributed by atoms with Gasteiger partial charge in [0.1, 0.15) is 24.4 Å². The van der Waals surface area contributed by atoms with Crippen LogP contribution in [0.25, 0.3) is 0 Å². The van der Waals surface area contributed by atoms with Gasteiger partial charge in [-0.1, -0.05) is 40.0 Å². The minimum atomic E-state index is -0.352. The number of hydrogen-bond acceptors (Lipinski definition) is 5. The molecule has 1 rings (SSSR count). The van der Waals surface area contributed by atoms with Crippen molar-refractivity contribution in [3.8, 4) is 0 Å². The maximum absolute atomic E-state index is 9.72. The molecule has 2 unspecified atom stereocenters. The number of aliphatic hydroxyl groups excluding tert-OH is 1. The van der Waals surface area contributed by atoms with Crippen LogP contribution in [0.4, 0.5) is 0 Å². The highest BCUT2D eigenvalue weighted by molar-refractivity contribution is 4.94. The molecule has 0 radical (unpaired) electrons. The number of unbranched alkanes of at least 4 members (excludes halogenated alkanes) is 3. The smallest absolute Gasteiger partial charge is 0.115 e. The van der Waals surface area contributed by atoms with Gasteiger partial charge >= 0.3 is 0 Å². The third-order valence-corrected chi connectivity index (χ3v) is 4.47. The Labute approximate surface area is 148 Å². The van der Waals surface area contributed by atoms with E-state index in [1.165, 1.54) is 0 Å². The lowest BCUT2D eigenvalue weighted by atomic mass is 9.95. The van der Waals surface area contributed by atoms with Gasteiger partial charge in [-0.05, 0) is 26.2 Å². The Balaban J connectivity index is 2.79. The van der Waals surface area contributed by atoms with E-state index in [0.29, 0.717) is 19.8 Å². The first-order chi connectivity index (χ1) is 11.7. The summed E-state index contributed by atoms with van der Waals surface area (Å²) < 4.78 is 24.3. The predicted octanol–water partition coefficient (Wildman–Crippen LogP) is 3.32. The molecule has 1 heterocycles. The van der Waals surface area contributed by atoms with E-state index in [-0.39, 0.29) is 37.1 Å². The average Bonchev–Trinajstić information content (AvgIpc) is 2.58. The molecule has 0 aromatic heterocycles. The van der Waals surface area contributed by atoms with E-state index < -0.39 is 0 Å². The Bertz CT molecular complexity index is 299. The minimum Gasteiger partial charge on any atom is -0.394 e. The molecular formula is C19H38O5. The third-order valence-electron chi connectivity index (χ3n) is 4.47. The molecule has 1 aliphatic heterocycles. The Morgan fingerprint density at radius 1 is 0.750 bits per heavy atom. The third kappa shape index (κ3) is 6.96. The molecule has 1 saturated heterocycles. The van der Waals surface area contributed by atoms with E-state index in [1.807, 2.05) is 6.92 Å². The number of ether oxygens (including phenoxy) is 4. The fourth-order valence-corrected chi connectivity index (χ4v) is 2.96. The van der Waals surface area contributed by atoms with Crippen molar-refractivity contribution in [2.45, 2.75) is 96.7 Å². The Kier molecular flexibility index (Phi) is 11.9. The van der Waals surface area contributed by atoms with Crippen molar-refractivity contribution < 1.29 is 24.1 Å². The highest BCUT2D eigenvalue weighted by Gasteiger charge is 2.46. The molecule has 0 aromatic carbocycles. The summed E-state index contributed by atoms with van der Waals surface area (Å²) in [5, 5.41) is 9.72. The summed E-state index contributed by atoms with van der Waals surface area (Å²) in [5.41, 5.74) is 0. The fourth-order valence-electron chi connectivity index (χ4n) is 2.96. The standard InChI is InChI=1S/C19H38O5/c1-5-8-11-21-17-15(4)24-16(14-20)18(22-12-9-6-2)19(17)23-13-10-7-3/h15-20H,5-14H2,1-4H3/t15-,16?,17-,18-,19?/m1/s1. The Morgan fingerprint density at radius 2 is 1.21 bits per heavy atom. The molecule has 144 valence electrons. The SMILES string of the molecule is CCCCOC1[C@H](OCCCC)C(CO)O[C@H](C)[C@H]1OCCCC. The number of hydrogen-bond donors (Lipinski definition) is 1. The highest BCUT2D eigenvalue weighted by Crippen LogP contribution is 2.28. The van der Waals surface area contributed by atoms with Crippen molar-refractivity contribution in [2.75, 3.05) is 26.4 Å². The topological polar surface area (TPSA) is 57.2 Å². The molecule has 0 saturated carbocycles. The second-order valence-electron chi connectivity index (χ2n) is 6.63.